The van der Waals surface area contributed by atoms with E-state index in [9.17, 15) is 0 Å². The zero-order valence-electron chi connectivity index (χ0n) is 9.26. The molecule has 86 valence electrons. The first kappa shape index (κ1) is 11.3. The second-order valence-corrected chi connectivity index (χ2v) is 4.41. The van der Waals surface area contributed by atoms with Crippen LogP contribution in [0, 0.1) is 0 Å². The number of nitrogens with zero attached hydrogens (tertiary/aromatic N) is 2. The molecule has 0 radical (unpaired) electrons. The minimum atomic E-state index is 0.122. The van der Waals surface area contributed by atoms with Crippen molar-refractivity contribution in [3.05, 3.63) is 40.3 Å². The zero-order valence-corrected chi connectivity index (χ0v) is 10.1. The lowest BCUT2D eigenvalue weighted by Crippen LogP contribution is -2.31. The fraction of sp³-hybridized carbons (Fsp3) is 0.364. The first-order valence-corrected chi connectivity index (χ1v) is 6.28. The topological polar surface area (TPSA) is 55.9 Å². The smallest absolute Gasteiger partial charge is 0.0669 e. The minimum absolute atomic E-state index is 0.122. The van der Waals surface area contributed by atoms with Crippen molar-refractivity contribution in [1.82, 2.24) is 15.2 Å². The van der Waals surface area contributed by atoms with E-state index in [0.29, 0.717) is 0 Å². The average Bonchev–Trinajstić information content (AvgIpc) is 2.96. The number of hydrazine groups is 1. The van der Waals surface area contributed by atoms with Crippen LogP contribution in [0.3, 0.4) is 0 Å². The Morgan fingerprint density at radius 3 is 3.06 bits per heavy atom. The zero-order chi connectivity index (χ0) is 11.4. The van der Waals surface area contributed by atoms with Crippen LogP contribution in [0.5, 0.6) is 0 Å². The fourth-order valence-electron chi connectivity index (χ4n) is 1.80. The van der Waals surface area contributed by atoms with E-state index in [0.717, 1.165) is 18.7 Å². The molecule has 0 fully saturated rings. The predicted molar refractivity (Wildman–Crippen MR) is 66.0 cm³/mol. The van der Waals surface area contributed by atoms with Gasteiger partial charge >= 0.3 is 0 Å². The standard InChI is InChI=1S/C11H16N4S/c1-2-15-11(3-5-13-15)10(14-12)7-9-4-6-16-8-9/h3-6,8,10,14H,2,7,12H2,1H3. The van der Waals surface area contributed by atoms with Gasteiger partial charge in [-0.15, -0.1) is 0 Å². The molecule has 2 aromatic heterocycles. The van der Waals surface area contributed by atoms with Crippen molar-refractivity contribution in [1.29, 1.82) is 0 Å². The number of hydrogen-bond acceptors (Lipinski definition) is 4. The highest BCUT2D eigenvalue weighted by atomic mass is 32.1. The van der Waals surface area contributed by atoms with Crippen LogP contribution in [-0.4, -0.2) is 9.78 Å². The van der Waals surface area contributed by atoms with Crippen LogP contribution < -0.4 is 11.3 Å². The molecule has 0 bridgehead atoms. The molecule has 0 saturated carbocycles. The van der Waals surface area contributed by atoms with E-state index in [-0.39, 0.29) is 6.04 Å². The van der Waals surface area contributed by atoms with Gasteiger partial charge < -0.3 is 0 Å². The molecule has 0 saturated heterocycles. The molecule has 3 N–H and O–H groups in total. The maximum atomic E-state index is 5.62. The summed E-state index contributed by atoms with van der Waals surface area (Å²) in [5.74, 6) is 5.62. The van der Waals surface area contributed by atoms with Gasteiger partial charge in [-0.2, -0.15) is 16.4 Å². The van der Waals surface area contributed by atoms with Gasteiger partial charge in [-0.1, -0.05) is 0 Å². The van der Waals surface area contributed by atoms with E-state index in [4.69, 9.17) is 5.84 Å². The number of aromatic nitrogens is 2. The molecule has 1 unspecified atom stereocenters. The van der Waals surface area contributed by atoms with Crippen molar-refractivity contribution in [2.24, 2.45) is 5.84 Å². The van der Waals surface area contributed by atoms with Crippen molar-refractivity contribution >= 4 is 11.3 Å². The predicted octanol–water partition coefficient (Wildman–Crippen LogP) is 1.71. The molecule has 0 aliphatic carbocycles. The van der Waals surface area contributed by atoms with Crippen molar-refractivity contribution in [3.8, 4) is 0 Å². The summed E-state index contributed by atoms with van der Waals surface area (Å²) in [4.78, 5) is 0. The molecule has 0 aliphatic heterocycles. The Labute approximate surface area is 99.1 Å². The average molecular weight is 236 g/mol. The quantitative estimate of drug-likeness (QED) is 0.614. The van der Waals surface area contributed by atoms with Gasteiger partial charge in [0, 0.05) is 12.7 Å². The van der Waals surface area contributed by atoms with Crippen LogP contribution in [0.4, 0.5) is 0 Å². The molecule has 2 aromatic rings. The third-order valence-corrected chi connectivity index (χ3v) is 3.36. The molecule has 5 heteroatoms. The molecule has 16 heavy (non-hydrogen) atoms. The largest absolute Gasteiger partial charge is 0.271 e. The lowest BCUT2D eigenvalue weighted by Gasteiger charge is -2.16. The van der Waals surface area contributed by atoms with Gasteiger partial charge in [0.25, 0.3) is 0 Å². The van der Waals surface area contributed by atoms with Crippen molar-refractivity contribution in [3.63, 3.8) is 0 Å². The van der Waals surface area contributed by atoms with E-state index in [1.165, 1.54) is 5.56 Å². The van der Waals surface area contributed by atoms with E-state index in [2.05, 4.69) is 34.3 Å². The summed E-state index contributed by atoms with van der Waals surface area (Å²) in [6, 6.07) is 4.26. The third kappa shape index (κ3) is 2.32. The number of thiophene rings is 1. The third-order valence-electron chi connectivity index (χ3n) is 2.63. The van der Waals surface area contributed by atoms with Gasteiger partial charge in [0.1, 0.15) is 0 Å². The summed E-state index contributed by atoms with van der Waals surface area (Å²) < 4.78 is 1.97. The Morgan fingerprint density at radius 2 is 2.44 bits per heavy atom. The van der Waals surface area contributed by atoms with Crippen LogP contribution in [0.15, 0.2) is 29.1 Å². The highest BCUT2D eigenvalue weighted by Gasteiger charge is 2.14. The maximum absolute atomic E-state index is 5.62. The molecular weight excluding hydrogens is 220 g/mol. The molecule has 2 heterocycles. The van der Waals surface area contributed by atoms with Crippen LogP contribution in [0.2, 0.25) is 0 Å². The number of aryl methyl sites for hydroxylation is 1. The van der Waals surface area contributed by atoms with Crippen LogP contribution >= 0.6 is 11.3 Å². The van der Waals surface area contributed by atoms with E-state index in [1.54, 1.807) is 11.3 Å². The molecule has 1 atom stereocenters. The van der Waals surface area contributed by atoms with Crippen molar-refractivity contribution in [2.75, 3.05) is 0 Å². The summed E-state index contributed by atoms with van der Waals surface area (Å²) in [5, 5.41) is 8.49. The summed E-state index contributed by atoms with van der Waals surface area (Å²) in [6.07, 6.45) is 2.71. The molecular formula is C11H16N4S. The highest BCUT2D eigenvalue weighted by molar-refractivity contribution is 7.07. The van der Waals surface area contributed by atoms with Gasteiger partial charge in [-0.05, 0) is 41.8 Å². The molecule has 0 spiro atoms. The van der Waals surface area contributed by atoms with Gasteiger partial charge in [0.15, 0.2) is 0 Å². The number of hydrogen-bond donors (Lipinski definition) is 2. The van der Waals surface area contributed by atoms with E-state index in [1.807, 2.05) is 16.9 Å². The van der Waals surface area contributed by atoms with E-state index < -0.39 is 0 Å². The van der Waals surface area contributed by atoms with Crippen LogP contribution in [-0.2, 0) is 13.0 Å². The second-order valence-electron chi connectivity index (χ2n) is 3.63. The van der Waals surface area contributed by atoms with Gasteiger partial charge in [-0.3, -0.25) is 16.0 Å². The lowest BCUT2D eigenvalue weighted by atomic mass is 10.1. The van der Waals surface area contributed by atoms with Crippen molar-refractivity contribution < 1.29 is 0 Å². The van der Waals surface area contributed by atoms with Crippen LogP contribution in [0.25, 0.3) is 0 Å². The SMILES string of the molecule is CCn1nccc1C(Cc1ccsc1)NN. The first-order valence-electron chi connectivity index (χ1n) is 5.34. The second kappa shape index (κ2) is 5.25. The van der Waals surface area contributed by atoms with E-state index >= 15 is 0 Å². The molecule has 0 aromatic carbocycles. The number of nitrogens with two attached hydrogens (primary N) is 1. The Kier molecular flexibility index (Phi) is 3.71. The van der Waals surface area contributed by atoms with Gasteiger partial charge in [0.2, 0.25) is 0 Å². The summed E-state index contributed by atoms with van der Waals surface area (Å²) in [6.45, 7) is 2.94. The molecule has 0 amide bonds. The Morgan fingerprint density at radius 1 is 1.56 bits per heavy atom. The Bertz CT molecular complexity index is 421. The molecule has 4 nitrogen and oxygen atoms in total. The number of nitrogens with one attached hydrogen (secondary N) is 1. The lowest BCUT2D eigenvalue weighted by molar-refractivity contribution is 0.491. The normalized spacial score (nSPS) is 12.9. The van der Waals surface area contributed by atoms with Gasteiger partial charge in [0.05, 0.1) is 11.7 Å². The molecule has 0 aliphatic rings. The summed E-state index contributed by atoms with van der Waals surface area (Å²) in [7, 11) is 0. The van der Waals surface area contributed by atoms with Crippen LogP contribution in [0.1, 0.15) is 24.2 Å². The summed E-state index contributed by atoms with van der Waals surface area (Å²) in [5.41, 5.74) is 5.30. The van der Waals surface area contributed by atoms with Gasteiger partial charge in [-0.25, -0.2) is 0 Å². The minimum Gasteiger partial charge on any atom is -0.271 e. The Balaban J connectivity index is 2.16. The maximum Gasteiger partial charge on any atom is 0.0669 e. The fourth-order valence-corrected chi connectivity index (χ4v) is 2.48. The first-order chi connectivity index (χ1) is 7.85. The summed E-state index contributed by atoms with van der Waals surface area (Å²) >= 11 is 1.71. The number of rotatable bonds is 5. The Hall–Kier alpha value is -1.17. The monoisotopic (exact) mass is 236 g/mol. The molecule has 2 rings (SSSR count). The highest BCUT2D eigenvalue weighted by Crippen LogP contribution is 2.19. The van der Waals surface area contributed by atoms with Crippen molar-refractivity contribution in [2.45, 2.75) is 25.9 Å².